The van der Waals surface area contributed by atoms with E-state index in [-0.39, 0.29) is 12.0 Å². The van der Waals surface area contributed by atoms with Gasteiger partial charge in [0, 0.05) is 24.0 Å². The van der Waals surface area contributed by atoms with E-state index in [4.69, 9.17) is 0 Å². The lowest BCUT2D eigenvalue weighted by Gasteiger charge is -2.32. The molecule has 2 aromatic rings. The van der Waals surface area contributed by atoms with Gasteiger partial charge in [-0.05, 0) is 57.2 Å². The molecule has 4 heteroatoms. The number of hydrogen-bond donors (Lipinski definition) is 2. The Morgan fingerprint density at radius 1 is 1.36 bits per heavy atom. The third-order valence-corrected chi connectivity index (χ3v) is 4.58. The van der Waals surface area contributed by atoms with Crippen LogP contribution in [0.2, 0.25) is 0 Å². The number of H-pyrrole nitrogens is 1. The van der Waals surface area contributed by atoms with Gasteiger partial charge in [0.25, 0.3) is 5.91 Å². The Kier molecular flexibility index (Phi) is 4.21. The number of hydrogen-bond acceptors (Lipinski definition) is 2. The van der Waals surface area contributed by atoms with Crippen LogP contribution in [0.1, 0.15) is 42.2 Å². The van der Waals surface area contributed by atoms with Gasteiger partial charge < -0.3 is 15.0 Å². The van der Waals surface area contributed by atoms with Crippen molar-refractivity contribution in [1.29, 1.82) is 0 Å². The van der Waals surface area contributed by atoms with Crippen LogP contribution in [0.5, 0.6) is 0 Å². The molecular weight excluding hydrogens is 276 g/mol. The van der Waals surface area contributed by atoms with Crippen molar-refractivity contribution < 1.29 is 9.90 Å². The monoisotopic (exact) mass is 300 g/mol. The summed E-state index contributed by atoms with van der Waals surface area (Å²) in [6.07, 6.45) is 2.56. The summed E-state index contributed by atoms with van der Waals surface area (Å²) < 4.78 is 0. The minimum atomic E-state index is -0.246. The van der Waals surface area contributed by atoms with Gasteiger partial charge in [0.2, 0.25) is 0 Å². The van der Waals surface area contributed by atoms with Gasteiger partial charge in [-0.2, -0.15) is 0 Å². The third kappa shape index (κ3) is 3.17. The molecule has 1 aromatic carbocycles. The Morgan fingerprint density at radius 2 is 2.09 bits per heavy atom. The number of aromatic amines is 1. The number of amides is 1. The minimum Gasteiger partial charge on any atom is -0.393 e. The summed E-state index contributed by atoms with van der Waals surface area (Å²) in [7, 11) is 0. The lowest BCUT2D eigenvalue weighted by atomic mass is 9.91. The molecule has 22 heavy (non-hydrogen) atoms. The second-order valence-electron chi connectivity index (χ2n) is 6.59. The Morgan fingerprint density at radius 3 is 2.77 bits per heavy atom. The zero-order chi connectivity index (χ0) is 15.7. The quantitative estimate of drug-likeness (QED) is 0.915. The summed E-state index contributed by atoms with van der Waals surface area (Å²) in [4.78, 5) is 17.8. The molecule has 1 unspecified atom stereocenters. The van der Waals surface area contributed by atoms with E-state index in [2.05, 4.69) is 24.0 Å². The van der Waals surface area contributed by atoms with Crippen LogP contribution in [0.3, 0.4) is 0 Å². The van der Waals surface area contributed by atoms with Crippen molar-refractivity contribution in [3.63, 3.8) is 0 Å². The van der Waals surface area contributed by atoms with Crippen LogP contribution in [-0.2, 0) is 0 Å². The fraction of sp³-hybridized carbons (Fsp3) is 0.500. The van der Waals surface area contributed by atoms with Crippen LogP contribution < -0.4 is 0 Å². The first-order chi connectivity index (χ1) is 10.5. The van der Waals surface area contributed by atoms with Crippen molar-refractivity contribution in [2.75, 3.05) is 13.1 Å². The topological polar surface area (TPSA) is 56.3 Å². The molecule has 118 valence electrons. The van der Waals surface area contributed by atoms with Gasteiger partial charge in [-0.15, -0.1) is 0 Å². The first-order valence-corrected chi connectivity index (χ1v) is 8.09. The first-order valence-electron chi connectivity index (χ1n) is 8.09. The van der Waals surface area contributed by atoms with Crippen molar-refractivity contribution in [1.82, 2.24) is 9.88 Å². The summed E-state index contributed by atoms with van der Waals surface area (Å²) in [6, 6.07) is 8.12. The number of carbonyl (C=O) groups is 1. The number of aliphatic hydroxyl groups excluding tert-OH is 1. The molecule has 0 aliphatic carbocycles. The van der Waals surface area contributed by atoms with Gasteiger partial charge in [-0.3, -0.25) is 4.79 Å². The smallest absolute Gasteiger partial charge is 0.270 e. The Hall–Kier alpha value is -1.81. The summed E-state index contributed by atoms with van der Waals surface area (Å²) in [5.74, 6) is 0.624. The van der Waals surface area contributed by atoms with E-state index in [1.807, 2.05) is 24.0 Å². The van der Waals surface area contributed by atoms with Crippen LogP contribution >= 0.6 is 0 Å². The van der Waals surface area contributed by atoms with E-state index in [0.29, 0.717) is 11.6 Å². The van der Waals surface area contributed by atoms with E-state index >= 15 is 0 Å². The molecule has 2 N–H and O–H groups in total. The predicted molar refractivity (Wildman–Crippen MR) is 88.0 cm³/mol. The maximum atomic E-state index is 12.6. The molecule has 0 saturated carbocycles. The van der Waals surface area contributed by atoms with Crippen molar-refractivity contribution >= 4 is 16.8 Å². The fourth-order valence-electron chi connectivity index (χ4n) is 3.39. The number of nitrogens with zero attached hydrogens (tertiary/aromatic N) is 1. The number of benzene rings is 1. The molecular formula is C18H24N2O2. The van der Waals surface area contributed by atoms with Gasteiger partial charge in [-0.1, -0.05) is 11.6 Å². The lowest BCUT2D eigenvalue weighted by Crippen LogP contribution is -2.39. The second kappa shape index (κ2) is 6.13. The van der Waals surface area contributed by atoms with Gasteiger partial charge in [0.05, 0.1) is 6.10 Å². The standard InChI is InChI=1S/C18H24N2O2/c1-12-3-4-16-15(9-12)11-17(19-16)18(22)20-7-5-14(6-8-20)10-13(2)21/h3-4,9,11,13-14,19,21H,5-8,10H2,1-2H3. The Labute approximate surface area is 131 Å². The molecule has 0 radical (unpaired) electrons. The Balaban J connectivity index is 1.68. The summed E-state index contributed by atoms with van der Waals surface area (Å²) in [6.45, 7) is 5.46. The van der Waals surface area contributed by atoms with Crippen molar-refractivity contribution in [3.8, 4) is 0 Å². The van der Waals surface area contributed by atoms with Crippen LogP contribution in [0, 0.1) is 12.8 Å². The number of aromatic nitrogens is 1. The number of piperidine rings is 1. The molecule has 2 heterocycles. The van der Waals surface area contributed by atoms with Gasteiger partial charge in [0.1, 0.15) is 5.69 Å². The highest BCUT2D eigenvalue weighted by Gasteiger charge is 2.25. The number of aryl methyl sites for hydroxylation is 1. The van der Waals surface area contributed by atoms with Crippen LogP contribution in [0.25, 0.3) is 10.9 Å². The van der Waals surface area contributed by atoms with E-state index < -0.39 is 0 Å². The SMILES string of the molecule is Cc1ccc2[nH]c(C(=O)N3CCC(CC(C)O)CC3)cc2c1. The normalized spacial score (nSPS) is 17.9. The van der Waals surface area contributed by atoms with E-state index in [0.717, 1.165) is 43.3 Å². The largest absolute Gasteiger partial charge is 0.393 e. The average molecular weight is 300 g/mol. The number of likely N-dealkylation sites (tertiary alicyclic amines) is 1. The highest BCUT2D eigenvalue weighted by atomic mass is 16.3. The third-order valence-electron chi connectivity index (χ3n) is 4.58. The molecule has 0 spiro atoms. The molecule has 0 bridgehead atoms. The number of rotatable bonds is 3. The summed E-state index contributed by atoms with van der Waals surface area (Å²) in [5.41, 5.74) is 2.89. The highest BCUT2D eigenvalue weighted by Crippen LogP contribution is 2.24. The average Bonchev–Trinajstić information content (AvgIpc) is 2.89. The maximum absolute atomic E-state index is 12.6. The number of nitrogens with one attached hydrogen (secondary N) is 1. The summed E-state index contributed by atoms with van der Waals surface area (Å²) >= 11 is 0. The van der Waals surface area contributed by atoms with Crippen molar-refractivity contribution in [2.24, 2.45) is 5.92 Å². The van der Waals surface area contributed by atoms with E-state index in [9.17, 15) is 9.90 Å². The highest BCUT2D eigenvalue weighted by molar-refractivity contribution is 5.98. The molecule has 1 aromatic heterocycles. The zero-order valence-electron chi connectivity index (χ0n) is 13.3. The van der Waals surface area contributed by atoms with Gasteiger partial charge >= 0.3 is 0 Å². The number of aliphatic hydroxyl groups is 1. The maximum Gasteiger partial charge on any atom is 0.270 e. The molecule has 4 nitrogen and oxygen atoms in total. The second-order valence-corrected chi connectivity index (χ2v) is 6.59. The van der Waals surface area contributed by atoms with Crippen LogP contribution in [-0.4, -0.2) is 40.1 Å². The summed E-state index contributed by atoms with van der Waals surface area (Å²) in [5, 5.41) is 10.6. The zero-order valence-corrected chi connectivity index (χ0v) is 13.3. The predicted octanol–water partition coefficient (Wildman–Crippen LogP) is 3.10. The fourth-order valence-corrected chi connectivity index (χ4v) is 3.39. The minimum absolute atomic E-state index is 0.0874. The number of carbonyl (C=O) groups excluding carboxylic acids is 1. The molecule has 1 amide bonds. The van der Waals surface area contributed by atoms with E-state index in [1.54, 1.807) is 0 Å². The molecule has 1 aliphatic rings. The Bertz CT molecular complexity index is 667. The first kappa shape index (κ1) is 15.1. The lowest BCUT2D eigenvalue weighted by molar-refractivity contribution is 0.0650. The van der Waals surface area contributed by atoms with Crippen LogP contribution in [0.4, 0.5) is 0 Å². The van der Waals surface area contributed by atoms with E-state index in [1.165, 1.54) is 5.56 Å². The molecule has 1 aliphatic heterocycles. The van der Waals surface area contributed by atoms with Gasteiger partial charge in [-0.25, -0.2) is 0 Å². The molecule has 1 fully saturated rings. The number of fused-ring (bicyclic) bond motifs is 1. The molecule has 1 saturated heterocycles. The molecule has 1 atom stereocenters. The van der Waals surface area contributed by atoms with Crippen LogP contribution in [0.15, 0.2) is 24.3 Å². The van der Waals surface area contributed by atoms with Gasteiger partial charge in [0.15, 0.2) is 0 Å². The van der Waals surface area contributed by atoms with Crippen molar-refractivity contribution in [2.45, 2.75) is 39.2 Å². The molecule has 3 rings (SSSR count). The van der Waals surface area contributed by atoms with Crippen molar-refractivity contribution in [3.05, 3.63) is 35.5 Å².